The third-order valence-corrected chi connectivity index (χ3v) is 3.16. The topological polar surface area (TPSA) is 12.0 Å². The maximum Gasteiger partial charge on any atom is 0.00722 e. The quantitative estimate of drug-likeness (QED) is 0.678. The van der Waals surface area contributed by atoms with Gasteiger partial charge in [0.1, 0.15) is 0 Å². The Labute approximate surface area is 89.0 Å². The molecule has 2 atom stereocenters. The van der Waals surface area contributed by atoms with E-state index in [0.717, 1.165) is 30.8 Å². The molecule has 0 aromatic carbocycles. The van der Waals surface area contributed by atoms with Crippen molar-refractivity contribution in [2.45, 2.75) is 52.5 Å². The second-order valence-electron chi connectivity index (χ2n) is 5.28. The smallest absolute Gasteiger partial charge is 0.00722 e. The second kappa shape index (κ2) is 5.55. The Balaban J connectivity index is 2.20. The van der Waals surface area contributed by atoms with Crippen molar-refractivity contribution in [2.24, 2.45) is 11.8 Å². The fourth-order valence-corrected chi connectivity index (χ4v) is 2.60. The van der Waals surface area contributed by atoms with E-state index < -0.39 is 0 Å². The molecule has 1 aliphatic carbocycles. The molecule has 1 nitrogen and oxygen atoms in total. The van der Waals surface area contributed by atoms with Gasteiger partial charge in [0.15, 0.2) is 0 Å². The monoisotopic (exact) mass is 195 g/mol. The van der Waals surface area contributed by atoms with E-state index in [0.29, 0.717) is 0 Å². The van der Waals surface area contributed by atoms with Crippen molar-refractivity contribution < 1.29 is 0 Å². The molecule has 1 fully saturated rings. The number of rotatable bonds is 4. The first kappa shape index (κ1) is 11.8. The van der Waals surface area contributed by atoms with Gasteiger partial charge in [0.05, 0.1) is 0 Å². The van der Waals surface area contributed by atoms with Crippen LogP contribution in [0, 0.1) is 11.8 Å². The molecule has 0 amide bonds. The third-order valence-electron chi connectivity index (χ3n) is 3.16. The van der Waals surface area contributed by atoms with E-state index in [1.807, 2.05) is 0 Å². The molecule has 2 unspecified atom stereocenters. The molecule has 1 heteroatoms. The molecule has 0 aromatic heterocycles. The summed E-state index contributed by atoms with van der Waals surface area (Å²) < 4.78 is 0. The van der Waals surface area contributed by atoms with Crippen LogP contribution in [-0.4, -0.2) is 12.6 Å². The van der Waals surface area contributed by atoms with Crippen molar-refractivity contribution >= 4 is 0 Å². The molecule has 0 aromatic rings. The van der Waals surface area contributed by atoms with Crippen molar-refractivity contribution in [1.82, 2.24) is 5.32 Å². The molecule has 0 saturated heterocycles. The normalized spacial score (nSPS) is 32.9. The van der Waals surface area contributed by atoms with Crippen molar-refractivity contribution in [3.8, 4) is 0 Å². The van der Waals surface area contributed by atoms with Crippen molar-refractivity contribution in [3.05, 3.63) is 12.2 Å². The molecule has 1 N–H and O–H groups in total. The fourth-order valence-electron chi connectivity index (χ4n) is 2.60. The van der Waals surface area contributed by atoms with Crippen LogP contribution in [0.3, 0.4) is 0 Å². The fraction of sp³-hybridized carbons (Fsp3) is 0.846. The van der Waals surface area contributed by atoms with Crippen molar-refractivity contribution in [3.63, 3.8) is 0 Å². The van der Waals surface area contributed by atoms with Gasteiger partial charge in [0.25, 0.3) is 0 Å². The summed E-state index contributed by atoms with van der Waals surface area (Å²) in [7, 11) is 0. The third kappa shape index (κ3) is 4.28. The van der Waals surface area contributed by atoms with Crippen LogP contribution < -0.4 is 5.32 Å². The lowest BCUT2D eigenvalue weighted by Crippen LogP contribution is -2.36. The van der Waals surface area contributed by atoms with E-state index in [2.05, 4.69) is 32.7 Å². The summed E-state index contributed by atoms with van der Waals surface area (Å²) in [6.07, 6.45) is 5.26. The van der Waals surface area contributed by atoms with Gasteiger partial charge in [0.2, 0.25) is 0 Å². The van der Waals surface area contributed by atoms with Gasteiger partial charge in [0, 0.05) is 6.04 Å². The summed E-state index contributed by atoms with van der Waals surface area (Å²) >= 11 is 0. The van der Waals surface area contributed by atoms with Gasteiger partial charge in [-0.05, 0) is 51.0 Å². The van der Waals surface area contributed by atoms with Gasteiger partial charge in [-0.25, -0.2) is 0 Å². The molecule has 14 heavy (non-hydrogen) atoms. The Kier molecular flexibility index (Phi) is 4.67. The molecule has 0 radical (unpaired) electrons. The van der Waals surface area contributed by atoms with E-state index in [-0.39, 0.29) is 0 Å². The average Bonchev–Trinajstić information content (AvgIpc) is 2.01. The predicted molar refractivity (Wildman–Crippen MR) is 63.4 cm³/mol. The van der Waals surface area contributed by atoms with Gasteiger partial charge in [-0.1, -0.05) is 19.4 Å². The largest absolute Gasteiger partial charge is 0.314 e. The lowest BCUT2D eigenvalue weighted by molar-refractivity contribution is 0.240. The molecule has 1 saturated carbocycles. The zero-order valence-corrected chi connectivity index (χ0v) is 9.97. The minimum absolute atomic E-state index is 0.757. The summed E-state index contributed by atoms with van der Waals surface area (Å²) in [5, 5.41) is 3.65. The zero-order chi connectivity index (χ0) is 10.6. The van der Waals surface area contributed by atoms with Crippen LogP contribution in [0.5, 0.6) is 0 Å². The maximum absolute atomic E-state index is 3.93. The summed E-state index contributed by atoms with van der Waals surface area (Å²) in [6.45, 7) is 11.9. The minimum atomic E-state index is 0.757. The van der Waals surface area contributed by atoms with Gasteiger partial charge >= 0.3 is 0 Å². The van der Waals surface area contributed by atoms with E-state index in [1.54, 1.807) is 0 Å². The summed E-state index contributed by atoms with van der Waals surface area (Å²) in [5.74, 6) is 1.81. The Morgan fingerprint density at radius 1 is 1.21 bits per heavy atom. The van der Waals surface area contributed by atoms with Crippen LogP contribution in [-0.2, 0) is 0 Å². The lowest BCUT2D eigenvalue weighted by Gasteiger charge is -2.32. The SMILES string of the molecule is C=C(C)CCNC1CC(C)CC(C)C1. The van der Waals surface area contributed by atoms with Crippen LogP contribution in [0.15, 0.2) is 12.2 Å². The van der Waals surface area contributed by atoms with E-state index >= 15 is 0 Å². The molecule has 0 aliphatic heterocycles. The first-order valence-electron chi connectivity index (χ1n) is 5.95. The minimum Gasteiger partial charge on any atom is -0.314 e. The van der Waals surface area contributed by atoms with Crippen LogP contribution in [0.25, 0.3) is 0 Å². The molecule has 1 aliphatic rings. The van der Waals surface area contributed by atoms with Crippen LogP contribution in [0.1, 0.15) is 46.5 Å². The predicted octanol–water partition coefficient (Wildman–Crippen LogP) is 3.37. The van der Waals surface area contributed by atoms with Crippen LogP contribution in [0.4, 0.5) is 0 Å². The Morgan fingerprint density at radius 2 is 1.79 bits per heavy atom. The first-order chi connectivity index (χ1) is 6.58. The molecular weight excluding hydrogens is 170 g/mol. The van der Waals surface area contributed by atoms with Gasteiger partial charge < -0.3 is 5.32 Å². The Hall–Kier alpha value is -0.300. The number of hydrogen-bond acceptors (Lipinski definition) is 1. The maximum atomic E-state index is 3.93. The van der Waals surface area contributed by atoms with Gasteiger partial charge in [-0.15, -0.1) is 6.58 Å². The lowest BCUT2D eigenvalue weighted by atomic mass is 9.80. The van der Waals surface area contributed by atoms with Crippen molar-refractivity contribution in [2.75, 3.05) is 6.54 Å². The molecule has 0 heterocycles. The van der Waals surface area contributed by atoms with E-state index in [4.69, 9.17) is 0 Å². The first-order valence-corrected chi connectivity index (χ1v) is 5.95. The van der Waals surface area contributed by atoms with Crippen molar-refractivity contribution in [1.29, 1.82) is 0 Å². The van der Waals surface area contributed by atoms with Crippen LogP contribution >= 0.6 is 0 Å². The van der Waals surface area contributed by atoms with Gasteiger partial charge in [-0.3, -0.25) is 0 Å². The standard InChI is InChI=1S/C13H25N/c1-10(2)5-6-14-13-8-11(3)7-12(4)9-13/h11-14H,1,5-9H2,2-4H3. The Morgan fingerprint density at radius 3 is 2.29 bits per heavy atom. The molecular formula is C13H25N. The highest BCUT2D eigenvalue weighted by atomic mass is 14.9. The molecule has 82 valence electrons. The highest BCUT2D eigenvalue weighted by Crippen LogP contribution is 2.28. The summed E-state index contributed by atoms with van der Waals surface area (Å²) in [5.41, 5.74) is 1.29. The number of hydrogen-bond donors (Lipinski definition) is 1. The van der Waals surface area contributed by atoms with Gasteiger partial charge in [-0.2, -0.15) is 0 Å². The highest BCUT2D eigenvalue weighted by Gasteiger charge is 2.22. The van der Waals surface area contributed by atoms with Crippen LogP contribution in [0.2, 0.25) is 0 Å². The highest BCUT2D eigenvalue weighted by molar-refractivity contribution is 4.89. The summed E-state index contributed by atoms with van der Waals surface area (Å²) in [6, 6.07) is 0.757. The number of nitrogens with one attached hydrogen (secondary N) is 1. The van der Waals surface area contributed by atoms with E-state index in [9.17, 15) is 0 Å². The molecule has 1 rings (SSSR count). The average molecular weight is 195 g/mol. The van der Waals surface area contributed by atoms with E-state index in [1.165, 1.54) is 24.8 Å². The summed E-state index contributed by atoms with van der Waals surface area (Å²) in [4.78, 5) is 0. The zero-order valence-electron chi connectivity index (χ0n) is 9.97. The second-order valence-corrected chi connectivity index (χ2v) is 5.28. The Bertz CT molecular complexity index is 176. The molecule has 0 spiro atoms. The molecule has 0 bridgehead atoms.